The molecule has 18 heavy (non-hydrogen) atoms. The highest BCUT2D eigenvalue weighted by Crippen LogP contribution is 2.13. The van der Waals surface area contributed by atoms with Crippen LogP contribution in [0.2, 0.25) is 0 Å². The molecule has 0 aliphatic carbocycles. The maximum atomic E-state index is 5.14. The van der Waals surface area contributed by atoms with E-state index >= 15 is 0 Å². The van der Waals surface area contributed by atoms with Gasteiger partial charge in [0.15, 0.2) is 5.82 Å². The van der Waals surface area contributed by atoms with E-state index in [2.05, 4.69) is 15.5 Å². The van der Waals surface area contributed by atoms with Gasteiger partial charge in [0.2, 0.25) is 5.89 Å². The van der Waals surface area contributed by atoms with Crippen molar-refractivity contribution in [1.82, 2.24) is 15.5 Å². The van der Waals surface area contributed by atoms with Gasteiger partial charge in [0.05, 0.1) is 13.7 Å². The molecular formula is C13H17N3O2. The Kier molecular flexibility index (Phi) is 4.30. The molecule has 0 atom stereocenters. The van der Waals surface area contributed by atoms with E-state index in [4.69, 9.17) is 9.26 Å². The fraction of sp³-hybridized carbons (Fsp3) is 0.385. The Morgan fingerprint density at radius 1 is 1.28 bits per heavy atom. The summed E-state index contributed by atoms with van der Waals surface area (Å²) in [5.41, 5.74) is 1.13. The normalized spacial score (nSPS) is 10.6. The van der Waals surface area contributed by atoms with Gasteiger partial charge in [0.25, 0.3) is 0 Å². The summed E-state index contributed by atoms with van der Waals surface area (Å²) in [6, 6.07) is 7.85. The number of hydrogen-bond acceptors (Lipinski definition) is 5. The first-order chi connectivity index (χ1) is 8.81. The molecule has 0 fully saturated rings. The standard InChI is InChI=1S/C13H17N3O2/c1-3-14-9-13-15-12(16-18-13)8-10-4-6-11(17-2)7-5-10/h4-7,14H,3,8-9H2,1-2H3. The summed E-state index contributed by atoms with van der Waals surface area (Å²) in [7, 11) is 1.65. The molecule has 0 saturated carbocycles. The second kappa shape index (κ2) is 6.16. The molecule has 1 heterocycles. The average molecular weight is 247 g/mol. The van der Waals surface area contributed by atoms with Crippen LogP contribution < -0.4 is 10.1 Å². The quantitative estimate of drug-likeness (QED) is 0.843. The molecule has 5 heteroatoms. The molecule has 1 N–H and O–H groups in total. The van der Waals surface area contributed by atoms with Crippen LogP contribution >= 0.6 is 0 Å². The lowest BCUT2D eigenvalue weighted by atomic mass is 10.1. The molecule has 96 valence electrons. The van der Waals surface area contributed by atoms with E-state index in [0.29, 0.717) is 24.7 Å². The molecule has 0 bridgehead atoms. The molecule has 5 nitrogen and oxygen atoms in total. The highest BCUT2D eigenvalue weighted by Gasteiger charge is 2.06. The predicted molar refractivity (Wildman–Crippen MR) is 67.5 cm³/mol. The van der Waals surface area contributed by atoms with Crippen LogP contribution in [0.15, 0.2) is 28.8 Å². The lowest BCUT2D eigenvalue weighted by Crippen LogP contribution is -2.11. The van der Waals surface area contributed by atoms with Crippen molar-refractivity contribution in [3.8, 4) is 5.75 Å². The third kappa shape index (κ3) is 3.30. The molecule has 1 aromatic carbocycles. The van der Waals surface area contributed by atoms with Crippen LogP contribution in [0, 0.1) is 0 Å². The van der Waals surface area contributed by atoms with Crippen LogP contribution in [0.4, 0.5) is 0 Å². The largest absolute Gasteiger partial charge is 0.497 e. The Balaban J connectivity index is 1.97. The van der Waals surface area contributed by atoms with Crippen molar-refractivity contribution < 1.29 is 9.26 Å². The van der Waals surface area contributed by atoms with Gasteiger partial charge in [-0.2, -0.15) is 4.98 Å². The molecule has 2 rings (SSSR count). The second-order valence-electron chi connectivity index (χ2n) is 3.91. The van der Waals surface area contributed by atoms with Crippen molar-refractivity contribution >= 4 is 0 Å². The lowest BCUT2D eigenvalue weighted by molar-refractivity contribution is 0.365. The van der Waals surface area contributed by atoms with Crippen molar-refractivity contribution in [3.63, 3.8) is 0 Å². The highest BCUT2D eigenvalue weighted by molar-refractivity contribution is 5.28. The van der Waals surface area contributed by atoms with Gasteiger partial charge in [-0.05, 0) is 24.2 Å². The molecule has 0 spiro atoms. The first kappa shape index (κ1) is 12.6. The van der Waals surface area contributed by atoms with Crippen LogP contribution in [-0.2, 0) is 13.0 Å². The maximum absolute atomic E-state index is 5.14. The van der Waals surface area contributed by atoms with Crippen LogP contribution in [0.25, 0.3) is 0 Å². The fourth-order valence-corrected chi connectivity index (χ4v) is 1.59. The number of hydrogen-bond donors (Lipinski definition) is 1. The van der Waals surface area contributed by atoms with Gasteiger partial charge >= 0.3 is 0 Å². The van der Waals surface area contributed by atoms with Gasteiger partial charge in [-0.25, -0.2) is 0 Å². The third-order valence-electron chi connectivity index (χ3n) is 2.56. The average Bonchev–Trinajstić information content (AvgIpc) is 2.85. The number of nitrogens with one attached hydrogen (secondary N) is 1. The topological polar surface area (TPSA) is 60.2 Å². The highest BCUT2D eigenvalue weighted by atomic mass is 16.5. The molecule has 1 aromatic heterocycles. The van der Waals surface area contributed by atoms with Gasteiger partial charge in [-0.1, -0.05) is 24.2 Å². The Hall–Kier alpha value is -1.88. The van der Waals surface area contributed by atoms with Gasteiger partial charge in [-0.15, -0.1) is 0 Å². The van der Waals surface area contributed by atoms with E-state index in [-0.39, 0.29) is 0 Å². The summed E-state index contributed by atoms with van der Waals surface area (Å²) in [4.78, 5) is 4.31. The zero-order valence-electron chi connectivity index (χ0n) is 10.6. The van der Waals surface area contributed by atoms with Gasteiger partial charge in [-0.3, -0.25) is 0 Å². The predicted octanol–water partition coefficient (Wildman–Crippen LogP) is 1.78. The molecule has 0 aliphatic heterocycles. The Bertz CT molecular complexity index is 479. The minimum absolute atomic E-state index is 0.617. The molecule has 0 aliphatic rings. The Morgan fingerprint density at radius 2 is 2.06 bits per heavy atom. The SMILES string of the molecule is CCNCc1nc(Cc2ccc(OC)cc2)no1. The summed E-state index contributed by atoms with van der Waals surface area (Å²) < 4.78 is 10.2. The minimum atomic E-state index is 0.617. The monoisotopic (exact) mass is 247 g/mol. The van der Waals surface area contributed by atoms with E-state index < -0.39 is 0 Å². The van der Waals surface area contributed by atoms with E-state index in [1.807, 2.05) is 31.2 Å². The molecule has 0 unspecified atom stereocenters. The van der Waals surface area contributed by atoms with Crippen molar-refractivity contribution in [2.75, 3.05) is 13.7 Å². The van der Waals surface area contributed by atoms with Gasteiger partial charge < -0.3 is 14.6 Å². The van der Waals surface area contributed by atoms with E-state index in [9.17, 15) is 0 Å². The van der Waals surface area contributed by atoms with Crippen molar-refractivity contribution in [2.24, 2.45) is 0 Å². The fourth-order valence-electron chi connectivity index (χ4n) is 1.59. The van der Waals surface area contributed by atoms with Gasteiger partial charge in [0.1, 0.15) is 5.75 Å². The molecular weight excluding hydrogens is 230 g/mol. The summed E-state index contributed by atoms with van der Waals surface area (Å²) in [6.45, 7) is 3.54. The third-order valence-corrected chi connectivity index (χ3v) is 2.56. The van der Waals surface area contributed by atoms with Crippen molar-refractivity contribution in [1.29, 1.82) is 0 Å². The number of aromatic nitrogens is 2. The van der Waals surface area contributed by atoms with E-state index in [0.717, 1.165) is 17.9 Å². The smallest absolute Gasteiger partial charge is 0.240 e. The molecule has 0 amide bonds. The van der Waals surface area contributed by atoms with Gasteiger partial charge in [0, 0.05) is 6.42 Å². The maximum Gasteiger partial charge on any atom is 0.240 e. The number of methoxy groups -OCH3 is 1. The van der Waals surface area contributed by atoms with E-state index in [1.165, 1.54) is 0 Å². The molecule has 0 radical (unpaired) electrons. The zero-order valence-corrected chi connectivity index (χ0v) is 10.6. The number of nitrogens with zero attached hydrogens (tertiary/aromatic N) is 2. The van der Waals surface area contributed by atoms with Crippen molar-refractivity contribution in [2.45, 2.75) is 19.9 Å². The number of ether oxygens (including phenoxy) is 1. The van der Waals surface area contributed by atoms with Crippen LogP contribution in [0.5, 0.6) is 5.75 Å². The summed E-state index contributed by atoms with van der Waals surface area (Å²) in [5, 5.41) is 7.09. The lowest BCUT2D eigenvalue weighted by Gasteiger charge is -2.00. The first-order valence-corrected chi connectivity index (χ1v) is 5.97. The molecule has 0 saturated heterocycles. The number of rotatable bonds is 6. The zero-order chi connectivity index (χ0) is 12.8. The van der Waals surface area contributed by atoms with Crippen LogP contribution in [-0.4, -0.2) is 23.8 Å². The van der Waals surface area contributed by atoms with Crippen molar-refractivity contribution in [3.05, 3.63) is 41.5 Å². The summed E-state index contributed by atoms with van der Waals surface area (Å²) in [6.07, 6.45) is 0.666. The van der Waals surface area contributed by atoms with E-state index in [1.54, 1.807) is 7.11 Å². The van der Waals surface area contributed by atoms with Crippen LogP contribution in [0.3, 0.4) is 0 Å². The summed E-state index contributed by atoms with van der Waals surface area (Å²) in [5.74, 6) is 2.17. The Labute approximate surface area is 106 Å². The summed E-state index contributed by atoms with van der Waals surface area (Å²) >= 11 is 0. The first-order valence-electron chi connectivity index (χ1n) is 5.97. The Morgan fingerprint density at radius 3 is 2.72 bits per heavy atom. The minimum Gasteiger partial charge on any atom is -0.497 e. The molecule has 2 aromatic rings. The van der Waals surface area contributed by atoms with Crippen LogP contribution in [0.1, 0.15) is 24.2 Å². The second-order valence-corrected chi connectivity index (χ2v) is 3.91. The number of benzene rings is 1.